The molecule has 5 rings (SSSR count). The van der Waals surface area contributed by atoms with Gasteiger partial charge >= 0.3 is 5.97 Å². The quantitative estimate of drug-likeness (QED) is 0.588. The number of hydrogen-bond acceptors (Lipinski definition) is 7. The molecule has 0 spiro atoms. The van der Waals surface area contributed by atoms with Crippen LogP contribution in [-0.4, -0.2) is 59.5 Å². The molecule has 0 aromatic carbocycles. The van der Waals surface area contributed by atoms with Gasteiger partial charge in [-0.05, 0) is 37.7 Å². The molecular formula is C27H39NO6. The van der Waals surface area contributed by atoms with Crippen LogP contribution in [0.3, 0.4) is 0 Å². The molecule has 5 unspecified atom stereocenters. The molecule has 7 heteroatoms. The highest BCUT2D eigenvalue weighted by atomic mass is 16.6. The fourth-order valence-corrected chi connectivity index (χ4v) is 7.12. The van der Waals surface area contributed by atoms with Crippen molar-refractivity contribution in [2.24, 2.45) is 17.8 Å². The molecule has 0 bridgehead atoms. The zero-order chi connectivity index (χ0) is 23.8. The second-order valence-corrected chi connectivity index (χ2v) is 10.7. The summed E-state index contributed by atoms with van der Waals surface area (Å²) in [6.07, 6.45) is 13.4. The van der Waals surface area contributed by atoms with Gasteiger partial charge in [-0.3, -0.25) is 4.90 Å². The van der Waals surface area contributed by atoms with Crippen LogP contribution < -0.4 is 0 Å². The fourth-order valence-electron chi connectivity index (χ4n) is 7.12. The van der Waals surface area contributed by atoms with Gasteiger partial charge < -0.3 is 24.4 Å². The molecule has 34 heavy (non-hydrogen) atoms. The maximum atomic E-state index is 12.3. The molecule has 1 saturated carbocycles. The van der Waals surface area contributed by atoms with Crippen LogP contribution >= 0.6 is 0 Å². The lowest BCUT2D eigenvalue weighted by Crippen LogP contribution is -2.55. The van der Waals surface area contributed by atoms with Crippen LogP contribution in [-0.2, 0) is 19.0 Å². The van der Waals surface area contributed by atoms with Crippen molar-refractivity contribution >= 4 is 5.97 Å². The maximum Gasteiger partial charge on any atom is 0.345 e. The zero-order valence-corrected chi connectivity index (χ0v) is 20.5. The summed E-state index contributed by atoms with van der Waals surface area (Å²) in [6.45, 7) is 2.62. The van der Waals surface area contributed by atoms with Gasteiger partial charge in [-0.25, -0.2) is 4.79 Å². The number of rotatable bonds is 5. The van der Waals surface area contributed by atoms with Crippen molar-refractivity contribution in [2.45, 2.75) is 89.3 Å². The first-order chi connectivity index (χ1) is 16.5. The Kier molecular flexibility index (Phi) is 7.05. The van der Waals surface area contributed by atoms with E-state index in [0.29, 0.717) is 17.4 Å². The van der Waals surface area contributed by atoms with Crippen LogP contribution in [0.4, 0.5) is 0 Å². The number of aliphatic hydroxyl groups is 2. The lowest BCUT2D eigenvalue weighted by atomic mass is 9.78. The Balaban J connectivity index is 1.39. The first-order valence-corrected chi connectivity index (χ1v) is 13.2. The minimum Gasteiger partial charge on any atom is -0.492 e. The molecular weight excluding hydrogens is 434 g/mol. The van der Waals surface area contributed by atoms with Crippen molar-refractivity contribution < 1.29 is 29.2 Å². The third-order valence-corrected chi connectivity index (χ3v) is 8.76. The molecule has 5 atom stereocenters. The monoisotopic (exact) mass is 473 g/mol. The first-order valence-electron chi connectivity index (χ1n) is 13.2. The molecule has 7 nitrogen and oxygen atoms in total. The smallest absolute Gasteiger partial charge is 0.345 e. The number of fused-ring (bicyclic) bond motifs is 3. The predicted octanol–water partition coefficient (Wildman–Crippen LogP) is 3.77. The number of ether oxygens (including phenoxy) is 3. The summed E-state index contributed by atoms with van der Waals surface area (Å²) in [5.74, 6) is 2.34. The van der Waals surface area contributed by atoms with Gasteiger partial charge in [0.25, 0.3) is 0 Å². The van der Waals surface area contributed by atoms with Crippen LogP contribution in [0.15, 0.2) is 34.7 Å². The Morgan fingerprint density at radius 3 is 2.68 bits per heavy atom. The van der Waals surface area contributed by atoms with Gasteiger partial charge in [0.05, 0.1) is 19.8 Å². The van der Waals surface area contributed by atoms with Gasteiger partial charge in [-0.2, -0.15) is 0 Å². The second kappa shape index (κ2) is 10.0. The van der Waals surface area contributed by atoms with Crippen molar-refractivity contribution in [3.05, 3.63) is 34.7 Å². The number of carbonyl (C=O) groups excluding carboxylic acids is 1. The lowest BCUT2D eigenvalue weighted by molar-refractivity contribution is -0.133. The number of cyclic esters (lactones) is 1. The van der Waals surface area contributed by atoms with Crippen LogP contribution in [0.2, 0.25) is 0 Å². The van der Waals surface area contributed by atoms with Crippen molar-refractivity contribution in [3.8, 4) is 0 Å². The highest BCUT2D eigenvalue weighted by Crippen LogP contribution is 2.49. The largest absolute Gasteiger partial charge is 0.492 e. The average Bonchev–Trinajstić information content (AvgIpc) is 3.27. The van der Waals surface area contributed by atoms with Crippen LogP contribution in [0.5, 0.6) is 0 Å². The number of piperidine rings is 1. The van der Waals surface area contributed by atoms with E-state index in [0.717, 1.165) is 44.4 Å². The molecule has 3 fully saturated rings. The average molecular weight is 474 g/mol. The minimum absolute atomic E-state index is 0.00270. The summed E-state index contributed by atoms with van der Waals surface area (Å²) < 4.78 is 17.3. The van der Waals surface area contributed by atoms with Gasteiger partial charge in [-0.15, -0.1) is 0 Å². The Bertz CT molecular complexity index is 886. The number of nitrogens with zero attached hydrogens (tertiary/aromatic N) is 1. The molecule has 0 amide bonds. The van der Waals surface area contributed by atoms with E-state index in [9.17, 15) is 15.0 Å². The van der Waals surface area contributed by atoms with E-state index in [2.05, 4.69) is 17.9 Å². The first kappa shape index (κ1) is 23.9. The van der Waals surface area contributed by atoms with E-state index in [1.165, 1.54) is 39.2 Å². The number of allylic oxidation sites excluding steroid dienone is 1. The minimum atomic E-state index is -0.580. The second-order valence-electron chi connectivity index (χ2n) is 10.7. The summed E-state index contributed by atoms with van der Waals surface area (Å²) in [5, 5.41) is 21.0. The van der Waals surface area contributed by atoms with Crippen molar-refractivity contribution in [3.63, 3.8) is 0 Å². The summed E-state index contributed by atoms with van der Waals surface area (Å²) in [4.78, 5) is 14.8. The number of hydrogen-bond donors (Lipinski definition) is 2. The third-order valence-electron chi connectivity index (χ3n) is 8.76. The van der Waals surface area contributed by atoms with Gasteiger partial charge in [0, 0.05) is 30.5 Å². The molecule has 4 heterocycles. The Hall–Kier alpha value is -1.83. The molecule has 188 valence electrons. The van der Waals surface area contributed by atoms with Gasteiger partial charge in [-0.1, -0.05) is 45.4 Å². The van der Waals surface area contributed by atoms with Gasteiger partial charge in [0.2, 0.25) is 5.76 Å². The molecule has 2 saturated heterocycles. The lowest BCUT2D eigenvalue weighted by Gasteiger charge is -2.46. The van der Waals surface area contributed by atoms with Crippen molar-refractivity contribution in [1.29, 1.82) is 0 Å². The number of methoxy groups -OCH3 is 1. The molecule has 0 aromatic heterocycles. The Morgan fingerprint density at radius 2 is 1.94 bits per heavy atom. The topological polar surface area (TPSA) is 88.5 Å². The third kappa shape index (κ3) is 4.20. The molecule has 1 aliphatic carbocycles. The summed E-state index contributed by atoms with van der Waals surface area (Å²) in [7, 11) is 1.48. The van der Waals surface area contributed by atoms with Crippen LogP contribution in [0.1, 0.15) is 71.1 Å². The summed E-state index contributed by atoms with van der Waals surface area (Å²) in [5.41, 5.74) is 0.132. The maximum absolute atomic E-state index is 12.3. The van der Waals surface area contributed by atoms with Crippen LogP contribution in [0.25, 0.3) is 0 Å². The van der Waals surface area contributed by atoms with E-state index in [-0.39, 0.29) is 41.4 Å². The normalized spacial score (nSPS) is 35.8. The molecule has 5 aliphatic rings. The highest BCUT2D eigenvalue weighted by Gasteiger charge is 2.50. The summed E-state index contributed by atoms with van der Waals surface area (Å²) >= 11 is 0. The van der Waals surface area contributed by atoms with E-state index in [4.69, 9.17) is 14.2 Å². The van der Waals surface area contributed by atoms with E-state index in [1.807, 2.05) is 0 Å². The highest BCUT2D eigenvalue weighted by molar-refractivity contribution is 5.94. The van der Waals surface area contributed by atoms with Gasteiger partial charge in [0.15, 0.2) is 11.5 Å². The van der Waals surface area contributed by atoms with Crippen LogP contribution in [0, 0.1) is 17.8 Å². The van der Waals surface area contributed by atoms with E-state index >= 15 is 0 Å². The molecule has 0 aromatic rings. The SMILES string of the molecule is COC1=C(CO)C(=O)OC1=C1OC2=CCCN3C(C(O)CC4CCCCC4)CCCC3C2C1C. The standard InChI is InChI=1S/C27H39NO6/c1-16-23-20-11-6-10-19(21(30)14-17-8-4-3-5-9-17)28(20)13-7-12-22(23)33-24(16)26-25(32-2)18(15-29)27(31)34-26/h12,16-17,19-21,23,29-30H,3-11,13-15H2,1-2H3. The predicted molar refractivity (Wildman–Crippen MR) is 126 cm³/mol. The van der Waals surface area contributed by atoms with E-state index in [1.54, 1.807) is 0 Å². The fraction of sp³-hybridized carbons (Fsp3) is 0.741. The number of aliphatic hydroxyl groups excluding tert-OH is 2. The molecule has 4 aliphatic heterocycles. The van der Waals surface area contributed by atoms with E-state index < -0.39 is 12.6 Å². The Labute approximate surface area is 202 Å². The molecule has 0 radical (unpaired) electrons. The van der Waals surface area contributed by atoms with Crippen molar-refractivity contribution in [1.82, 2.24) is 4.90 Å². The summed E-state index contributed by atoms with van der Waals surface area (Å²) in [6, 6.07) is 0.475. The van der Waals surface area contributed by atoms with Gasteiger partial charge in [0.1, 0.15) is 11.3 Å². The number of esters is 1. The number of carbonyl (C=O) groups is 1. The van der Waals surface area contributed by atoms with Crippen molar-refractivity contribution in [2.75, 3.05) is 20.3 Å². The zero-order valence-electron chi connectivity index (χ0n) is 20.5. The molecule has 2 N–H and O–H groups in total. The Morgan fingerprint density at radius 1 is 1.15 bits per heavy atom.